The van der Waals surface area contributed by atoms with Gasteiger partial charge in [0.15, 0.2) is 18.1 Å². The van der Waals surface area contributed by atoms with Crippen molar-refractivity contribution in [3.05, 3.63) is 35.6 Å². The molecule has 154 valence electrons. The van der Waals surface area contributed by atoms with Crippen LogP contribution in [0.1, 0.15) is 5.76 Å². The molecule has 0 aliphatic carbocycles. The molecule has 0 bridgehead atoms. The Hall–Kier alpha value is -3.48. The highest BCUT2D eigenvalue weighted by Gasteiger charge is 2.55. The van der Waals surface area contributed by atoms with Gasteiger partial charge in [-0.1, -0.05) is 5.16 Å². The van der Waals surface area contributed by atoms with E-state index in [-0.39, 0.29) is 28.7 Å². The van der Waals surface area contributed by atoms with Gasteiger partial charge in [0.1, 0.15) is 24.3 Å². The molecule has 1 aromatic rings. The van der Waals surface area contributed by atoms with E-state index in [0.29, 0.717) is 0 Å². The number of carbonyl (C=O) groups is 4. The Morgan fingerprint density at radius 2 is 2.24 bits per heavy atom. The first-order valence-corrected chi connectivity index (χ1v) is 9.18. The summed E-state index contributed by atoms with van der Waals surface area (Å²) in [6.07, 6.45) is 1.35. The Morgan fingerprint density at radius 3 is 2.83 bits per heavy atom. The number of hydrogen-bond donors (Lipinski definition) is 3. The number of oxime groups is 1. The zero-order chi connectivity index (χ0) is 21.1. The van der Waals surface area contributed by atoms with Crippen LogP contribution in [0.4, 0.5) is 0 Å². The second-order valence-electron chi connectivity index (χ2n) is 5.79. The van der Waals surface area contributed by atoms with Crippen LogP contribution < -0.4 is 11.1 Å². The van der Waals surface area contributed by atoms with Gasteiger partial charge in [-0.2, -0.15) is 0 Å². The van der Waals surface area contributed by atoms with E-state index in [1.54, 1.807) is 6.07 Å². The minimum atomic E-state index is -1.40. The SMILES string of the molecule is CO/N=C(\C(=O)N[C@H]1C(=O)N2C(C(=O)O)=C(OCC(N)=O)CS[C@@H]12)c1ccco1. The number of carboxylic acid groups (broad SMARTS) is 1. The second kappa shape index (κ2) is 8.26. The number of hydrogen-bond acceptors (Lipinski definition) is 9. The van der Waals surface area contributed by atoms with Crippen LogP contribution in [0.3, 0.4) is 0 Å². The van der Waals surface area contributed by atoms with Gasteiger partial charge >= 0.3 is 5.97 Å². The van der Waals surface area contributed by atoms with Crippen LogP contribution in [0.25, 0.3) is 0 Å². The van der Waals surface area contributed by atoms with E-state index in [0.717, 1.165) is 4.90 Å². The van der Waals surface area contributed by atoms with Gasteiger partial charge in [-0.25, -0.2) is 4.79 Å². The number of carboxylic acids is 1. The first-order valence-electron chi connectivity index (χ1n) is 8.13. The molecule has 0 unspecified atom stereocenters. The molecule has 4 N–H and O–H groups in total. The lowest BCUT2D eigenvalue weighted by Gasteiger charge is -2.48. The van der Waals surface area contributed by atoms with Crippen molar-refractivity contribution in [2.45, 2.75) is 11.4 Å². The lowest BCUT2D eigenvalue weighted by Crippen LogP contribution is -2.71. The Labute approximate surface area is 167 Å². The summed E-state index contributed by atoms with van der Waals surface area (Å²) in [6, 6.07) is 2.06. The standard InChI is InChI=1S/C16H16N4O8S/c1-26-19-10(7-3-2-4-27-7)13(22)18-11-14(23)20-12(16(24)25)8(6-29-15(11)20)28-5-9(17)21/h2-4,11,15H,5-6H2,1H3,(H2,17,21)(H,18,22)(H,24,25)/b19-10-/t11-,15-/m0/s1. The summed E-state index contributed by atoms with van der Waals surface area (Å²) < 4.78 is 10.3. The molecule has 2 atom stereocenters. The van der Waals surface area contributed by atoms with Gasteiger partial charge in [0, 0.05) is 0 Å². The molecule has 2 aliphatic rings. The molecule has 12 nitrogen and oxygen atoms in total. The minimum absolute atomic E-state index is 0.0482. The fourth-order valence-electron chi connectivity index (χ4n) is 2.77. The van der Waals surface area contributed by atoms with E-state index in [1.165, 1.54) is 31.2 Å². The average molecular weight is 424 g/mol. The number of furan rings is 1. The number of nitrogens with zero attached hydrogens (tertiary/aromatic N) is 2. The number of thioether (sulfide) groups is 1. The lowest BCUT2D eigenvalue weighted by molar-refractivity contribution is -0.150. The topological polar surface area (TPSA) is 174 Å². The monoisotopic (exact) mass is 424 g/mol. The van der Waals surface area contributed by atoms with E-state index < -0.39 is 41.7 Å². The summed E-state index contributed by atoms with van der Waals surface area (Å²) in [5.74, 6) is -3.39. The van der Waals surface area contributed by atoms with Gasteiger partial charge in [0.2, 0.25) is 5.71 Å². The molecule has 0 aromatic carbocycles. The van der Waals surface area contributed by atoms with Crippen LogP contribution in [-0.4, -0.2) is 70.3 Å². The number of nitrogens with two attached hydrogens (primary N) is 1. The zero-order valence-corrected chi connectivity index (χ0v) is 15.8. The molecule has 2 aliphatic heterocycles. The molecule has 0 saturated carbocycles. The van der Waals surface area contributed by atoms with Crippen LogP contribution in [0.15, 0.2) is 39.4 Å². The maximum atomic E-state index is 12.6. The molecule has 3 heterocycles. The molecule has 0 spiro atoms. The third-order valence-electron chi connectivity index (χ3n) is 3.96. The lowest BCUT2D eigenvalue weighted by atomic mass is 10.0. The zero-order valence-electron chi connectivity index (χ0n) is 15.0. The maximum absolute atomic E-state index is 12.6. The molecule has 1 aromatic heterocycles. The Balaban J connectivity index is 1.77. The number of ether oxygens (including phenoxy) is 1. The minimum Gasteiger partial charge on any atom is -0.485 e. The molecule has 0 radical (unpaired) electrons. The van der Waals surface area contributed by atoms with Crippen molar-refractivity contribution in [1.29, 1.82) is 0 Å². The first kappa shape index (κ1) is 20.3. The molecule has 3 amide bonds. The third-order valence-corrected chi connectivity index (χ3v) is 5.22. The predicted molar refractivity (Wildman–Crippen MR) is 97.1 cm³/mol. The Bertz CT molecular complexity index is 910. The highest BCUT2D eigenvalue weighted by Crippen LogP contribution is 2.40. The van der Waals surface area contributed by atoms with Crippen molar-refractivity contribution in [2.75, 3.05) is 19.5 Å². The number of fused-ring (bicyclic) bond motifs is 1. The van der Waals surface area contributed by atoms with Gasteiger partial charge in [-0.3, -0.25) is 19.3 Å². The molecule has 29 heavy (non-hydrogen) atoms. The van der Waals surface area contributed by atoms with Crippen molar-refractivity contribution in [2.24, 2.45) is 10.9 Å². The second-order valence-corrected chi connectivity index (χ2v) is 6.90. The Morgan fingerprint density at radius 1 is 1.48 bits per heavy atom. The molecule has 1 fully saturated rings. The number of primary amides is 1. The van der Waals surface area contributed by atoms with Gasteiger partial charge in [0.25, 0.3) is 17.7 Å². The van der Waals surface area contributed by atoms with Crippen molar-refractivity contribution >= 4 is 41.2 Å². The number of carbonyl (C=O) groups excluding carboxylic acids is 3. The summed E-state index contributed by atoms with van der Waals surface area (Å²) in [6.45, 7) is -0.514. The average Bonchev–Trinajstić information content (AvgIpc) is 3.21. The normalized spacial score (nSPS) is 21.2. The number of rotatable bonds is 8. The van der Waals surface area contributed by atoms with Crippen LogP contribution >= 0.6 is 11.8 Å². The van der Waals surface area contributed by atoms with Crippen molar-refractivity contribution in [3.8, 4) is 0 Å². The summed E-state index contributed by atoms with van der Waals surface area (Å²) in [5, 5.41) is 14.9. The van der Waals surface area contributed by atoms with E-state index in [2.05, 4.69) is 15.3 Å². The third kappa shape index (κ3) is 3.89. The quantitative estimate of drug-likeness (QED) is 0.264. The predicted octanol–water partition coefficient (Wildman–Crippen LogP) is -1.17. The smallest absolute Gasteiger partial charge is 0.356 e. The molecule has 3 rings (SSSR count). The van der Waals surface area contributed by atoms with Crippen LogP contribution in [0, 0.1) is 0 Å². The molecular weight excluding hydrogens is 408 g/mol. The van der Waals surface area contributed by atoms with Crippen molar-refractivity contribution < 1.29 is 38.3 Å². The molecular formula is C16H16N4O8S. The number of β-lactam (4-membered cyclic amide) rings is 1. The Kier molecular flexibility index (Phi) is 5.77. The van der Waals surface area contributed by atoms with E-state index in [4.69, 9.17) is 14.9 Å². The number of aliphatic carboxylic acids is 1. The van der Waals surface area contributed by atoms with Crippen LogP contribution in [0.5, 0.6) is 0 Å². The first-order chi connectivity index (χ1) is 13.8. The number of nitrogens with one attached hydrogen (secondary N) is 1. The van der Waals surface area contributed by atoms with Crippen molar-refractivity contribution in [1.82, 2.24) is 10.2 Å². The summed E-state index contributed by atoms with van der Waals surface area (Å²) >= 11 is 1.17. The summed E-state index contributed by atoms with van der Waals surface area (Å²) in [4.78, 5) is 53.3. The highest BCUT2D eigenvalue weighted by atomic mass is 32.2. The summed E-state index contributed by atoms with van der Waals surface area (Å²) in [7, 11) is 1.25. The number of amides is 3. The van der Waals surface area contributed by atoms with Gasteiger partial charge in [0.05, 0.1) is 12.0 Å². The largest absolute Gasteiger partial charge is 0.485 e. The van der Waals surface area contributed by atoms with Crippen LogP contribution in [-0.2, 0) is 28.8 Å². The van der Waals surface area contributed by atoms with Gasteiger partial charge in [-0.15, -0.1) is 11.8 Å². The van der Waals surface area contributed by atoms with E-state index >= 15 is 0 Å². The highest BCUT2D eigenvalue weighted by molar-refractivity contribution is 8.00. The molecule has 1 saturated heterocycles. The van der Waals surface area contributed by atoms with E-state index in [9.17, 15) is 24.3 Å². The van der Waals surface area contributed by atoms with Gasteiger partial charge < -0.3 is 30.1 Å². The fraction of sp³-hybridized carbons (Fsp3) is 0.312. The maximum Gasteiger partial charge on any atom is 0.356 e. The van der Waals surface area contributed by atoms with E-state index in [1.807, 2.05) is 0 Å². The van der Waals surface area contributed by atoms with Crippen LogP contribution in [0.2, 0.25) is 0 Å². The molecule has 13 heteroatoms. The fourth-order valence-corrected chi connectivity index (χ4v) is 4.05. The van der Waals surface area contributed by atoms with Gasteiger partial charge in [-0.05, 0) is 12.1 Å². The summed E-state index contributed by atoms with van der Waals surface area (Å²) in [5.41, 5.74) is 4.44. The van der Waals surface area contributed by atoms with Crippen molar-refractivity contribution in [3.63, 3.8) is 0 Å².